The fraction of sp³-hybridized carbons (Fsp3) is 0.150. The van der Waals surface area contributed by atoms with Crippen molar-refractivity contribution in [2.45, 2.75) is 12.8 Å². The number of carbonyl (C=O) groups is 1. The summed E-state index contributed by atoms with van der Waals surface area (Å²) in [6.45, 7) is 0. The van der Waals surface area contributed by atoms with Crippen LogP contribution >= 0.6 is 0 Å². The van der Waals surface area contributed by atoms with Gasteiger partial charge < -0.3 is 0 Å². The molecule has 1 aromatic carbocycles. The van der Waals surface area contributed by atoms with Crippen molar-refractivity contribution in [3.05, 3.63) is 88.4 Å². The minimum atomic E-state index is -0.468. The number of pyridine rings is 2. The molecule has 0 N–H and O–H groups in total. The zero-order valence-corrected chi connectivity index (χ0v) is 14.4. The SMILES string of the molecule is O=C1C(Cc2cccnc2)Cc2cccnc2N1c1cccc([N+](=O)[O-])c1. The molecule has 0 radical (unpaired) electrons. The molecular weight excluding hydrogens is 344 g/mol. The van der Waals surface area contributed by atoms with Crippen LogP contribution in [-0.2, 0) is 17.6 Å². The molecule has 2 aromatic heterocycles. The molecule has 27 heavy (non-hydrogen) atoms. The van der Waals surface area contributed by atoms with E-state index in [4.69, 9.17) is 0 Å². The molecule has 0 saturated carbocycles. The number of nitro groups is 1. The lowest BCUT2D eigenvalue weighted by Gasteiger charge is -2.33. The number of hydrogen-bond donors (Lipinski definition) is 0. The summed E-state index contributed by atoms with van der Waals surface area (Å²) in [4.78, 5) is 33.9. The molecule has 0 fully saturated rings. The van der Waals surface area contributed by atoms with Crippen molar-refractivity contribution in [2.24, 2.45) is 5.92 Å². The highest BCUT2D eigenvalue weighted by atomic mass is 16.6. The van der Waals surface area contributed by atoms with Crippen LogP contribution in [-0.4, -0.2) is 20.8 Å². The number of fused-ring (bicyclic) bond motifs is 1. The van der Waals surface area contributed by atoms with Gasteiger partial charge in [0.25, 0.3) is 5.69 Å². The Kier molecular flexibility index (Phi) is 4.33. The Morgan fingerprint density at radius 1 is 1.15 bits per heavy atom. The van der Waals surface area contributed by atoms with Crippen LogP contribution in [0.2, 0.25) is 0 Å². The van der Waals surface area contributed by atoms with Gasteiger partial charge in [-0.25, -0.2) is 4.98 Å². The van der Waals surface area contributed by atoms with Gasteiger partial charge in [0, 0.05) is 36.6 Å². The topological polar surface area (TPSA) is 89.2 Å². The maximum atomic E-state index is 13.3. The number of anilines is 2. The van der Waals surface area contributed by atoms with Crippen molar-refractivity contribution in [2.75, 3.05) is 4.90 Å². The Labute approximate surface area is 155 Å². The van der Waals surface area contributed by atoms with Crippen molar-refractivity contribution in [3.8, 4) is 0 Å². The average molecular weight is 360 g/mol. The predicted molar refractivity (Wildman–Crippen MR) is 99.6 cm³/mol. The van der Waals surface area contributed by atoms with E-state index in [0.717, 1.165) is 11.1 Å². The van der Waals surface area contributed by atoms with Crippen LogP contribution in [0.5, 0.6) is 0 Å². The molecule has 1 atom stereocenters. The fourth-order valence-corrected chi connectivity index (χ4v) is 3.39. The van der Waals surface area contributed by atoms with Crippen LogP contribution in [0.3, 0.4) is 0 Å². The molecule has 1 aliphatic heterocycles. The van der Waals surface area contributed by atoms with Gasteiger partial charge in [0.15, 0.2) is 0 Å². The number of benzene rings is 1. The second kappa shape index (κ2) is 6.95. The van der Waals surface area contributed by atoms with Gasteiger partial charge in [0.2, 0.25) is 5.91 Å². The van der Waals surface area contributed by atoms with Gasteiger partial charge in [0.05, 0.1) is 10.6 Å². The molecule has 1 amide bonds. The van der Waals surface area contributed by atoms with Gasteiger partial charge in [0.1, 0.15) is 5.82 Å². The maximum absolute atomic E-state index is 13.3. The summed E-state index contributed by atoms with van der Waals surface area (Å²) >= 11 is 0. The van der Waals surface area contributed by atoms with E-state index < -0.39 is 4.92 Å². The number of amides is 1. The van der Waals surface area contributed by atoms with Crippen LogP contribution < -0.4 is 4.90 Å². The number of carbonyl (C=O) groups excluding carboxylic acids is 1. The first kappa shape index (κ1) is 16.8. The first-order valence-corrected chi connectivity index (χ1v) is 8.54. The summed E-state index contributed by atoms with van der Waals surface area (Å²) in [6, 6.07) is 13.6. The molecule has 7 nitrogen and oxygen atoms in total. The highest BCUT2D eigenvalue weighted by molar-refractivity contribution is 6.03. The highest BCUT2D eigenvalue weighted by Crippen LogP contribution is 2.36. The monoisotopic (exact) mass is 360 g/mol. The first-order valence-electron chi connectivity index (χ1n) is 8.54. The number of nitro benzene ring substituents is 1. The molecule has 134 valence electrons. The van der Waals surface area contributed by atoms with Crippen LogP contribution in [0.25, 0.3) is 0 Å². The first-order chi connectivity index (χ1) is 13.1. The molecule has 1 aliphatic rings. The smallest absolute Gasteiger partial charge is 0.271 e. The van der Waals surface area contributed by atoms with Crippen molar-refractivity contribution in [1.29, 1.82) is 0 Å². The molecule has 4 rings (SSSR count). The fourth-order valence-electron chi connectivity index (χ4n) is 3.39. The van der Waals surface area contributed by atoms with Crippen molar-refractivity contribution in [3.63, 3.8) is 0 Å². The van der Waals surface area contributed by atoms with Crippen molar-refractivity contribution >= 4 is 23.1 Å². The lowest BCUT2D eigenvalue weighted by Crippen LogP contribution is -2.39. The van der Waals surface area contributed by atoms with Gasteiger partial charge in [-0.15, -0.1) is 0 Å². The standard InChI is InChI=1S/C20H16N4O3/c25-20-16(10-14-4-2-8-21-13-14)11-15-5-3-9-22-19(15)23(20)17-6-1-7-18(12-17)24(26)27/h1-9,12-13,16H,10-11H2. The molecule has 3 aromatic rings. The number of hydrogen-bond acceptors (Lipinski definition) is 5. The van der Waals surface area contributed by atoms with E-state index in [0.29, 0.717) is 24.3 Å². The van der Waals surface area contributed by atoms with Crippen LogP contribution in [0.1, 0.15) is 11.1 Å². The Hall–Kier alpha value is -3.61. The number of nitrogens with zero attached hydrogens (tertiary/aromatic N) is 4. The molecule has 0 spiro atoms. The largest absolute Gasteiger partial charge is 0.274 e. The lowest BCUT2D eigenvalue weighted by molar-refractivity contribution is -0.384. The molecule has 3 heterocycles. The second-order valence-electron chi connectivity index (χ2n) is 6.40. The summed E-state index contributed by atoms with van der Waals surface area (Å²) in [5, 5.41) is 11.1. The van der Waals surface area contributed by atoms with Crippen LogP contribution in [0, 0.1) is 16.0 Å². The zero-order valence-electron chi connectivity index (χ0n) is 14.4. The summed E-state index contributed by atoms with van der Waals surface area (Å²) in [5.41, 5.74) is 2.30. The molecule has 0 bridgehead atoms. The second-order valence-corrected chi connectivity index (χ2v) is 6.40. The summed E-state index contributed by atoms with van der Waals surface area (Å²) in [6.07, 6.45) is 6.19. The minimum Gasteiger partial charge on any atom is -0.274 e. The predicted octanol–water partition coefficient (Wildman–Crippen LogP) is 3.46. The van der Waals surface area contributed by atoms with E-state index in [9.17, 15) is 14.9 Å². The Balaban J connectivity index is 1.76. The van der Waals surface area contributed by atoms with E-state index in [1.165, 1.54) is 17.0 Å². The van der Waals surface area contributed by atoms with Crippen molar-refractivity contribution < 1.29 is 9.72 Å². The van der Waals surface area contributed by atoms with Crippen LogP contribution in [0.15, 0.2) is 67.1 Å². The van der Waals surface area contributed by atoms with E-state index in [1.54, 1.807) is 30.7 Å². The van der Waals surface area contributed by atoms with Crippen LogP contribution in [0.4, 0.5) is 17.2 Å². The Bertz CT molecular complexity index is 1010. The average Bonchev–Trinajstić information content (AvgIpc) is 2.69. The molecule has 0 saturated heterocycles. The van der Waals surface area contributed by atoms with Crippen molar-refractivity contribution in [1.82, 2.24) is 9.97 Å². The van der Waals surface area contributed by atoms with Gasteiger partial charge in [-0.1, -0.05) is 18.2 Å². The lowest BCUT2D eigenvalue weighted by atomic mass is 9.88. The Morgan fingerprint density at radius 3 is 2.78 bits per heavy atom. The summed E-state index contributed by atoms with van der Waals surface area (Å²) in [7, 11) is 0. The summed E-state index contributed by atoms with van der Waals surface area (Å²) in [5.74, 6) is 0.126. The molecular formula is C20H16N4O3. The number of rotatable bonds is 4. The minimum absolute atomic E-state index is 0.0628. The molecule has 7 heteroatoms. The third-order valence-corrected chi connectivity index (χ3v) is 4.62. The van der Waals surface area contributed by atoms with Gasteiger partial charge >= 0.3 is 0 Å². The van der Waals surface area contributed by atoms with Gasteiger partial charge in [-0.2, -0.15) is 0 Å². The zero-order chi connectivity index (χ0) is 18.8. The third-order valence-electron chi connectivity index (χ3n) is 4.62. The Morgan fingerprint density at radius 2 is 2.00 bits per heavy atom. The van der Waals surface area contributed by atoms with E-state index in [1.807, 2.05) is 24.3 Å². The number of aromatic nitrogens is 2. The van der Waals surface area contributed by atoms with Gasteiger partial charge in [-0.3, -0.25) is 24.8 Å². The molecule has 1 unspecified atom stereocenters. The molecule has 0 aliphatic carbocycles. The highest BCUT2D eigenvalue weighted by Gasteiger charge is 2.35. The van der Waals surface area contributed by atoms with Gasteiger partial charge in [-0.05, 0) is 42.2 Å². The number of non-ortho nitro benzene ring substituents is 1. The third kappa shape index (κ3) is 3.27. The van der Waals surface area contributed by atoms with E-state index >= 15 is 0 Å². The van der Waals surface area contributed by atoms with E-state index in [-0.39, 0.29) is 17.5 Å². The summed E-state index contributed by atoms with van der Waals surface area (Å²) < 4.78 is 0. The normalized spacial score (nSPS) is 16.1. The quantitative estimate of drug-likeness (QED) is 0.525. The maximum Gasteiger partial charge on any atom is 0.271 e. The van der Waals surface area contributed by atoms with E-state index in [2.05, 4.69) is 9.97 Å².